The molecule has 1 aliphatic heterocycles. The van der Waals surface area contributed by atoms with Crippen LogP contribution < -0.4 is 0 Å². The molecule has 1 heterocycles. The van der Waals surface area contributed by atoms with E-state index < -0.39 is 57.1 Å². The third kappa shape index (κ3) is 19.0. The summed E-state index contributed by atoms with van der Waals surface area (Å²) in [6.45, 7) is 11.4. The maximum absolute atomic E-state index is 10.7. The molecule has 1 rings (SSSR count). The van der Waals surface area contributed by atoms with Crippen LogP contribution in [0.15, 0.2) is 0 Å². The first-order chi connectivity index (χ1) is 20.4. The number of nitrogens with zero attached hydrogens (tertiary/aromatic N) is 4. The molecule has 1 aliphatic rings. The monoisotopic (exact) mass is 656 g/mol. The van der Waals surface area contributed by atoms with Gasteiger partial charge in [0.15, 0.2) is 6.29 Å². The largest absolute Gasteiger partial charge is 0.386 e. The minimum atomic E-state index is -1.47. The van der Waals surface area contributed by atoms with Gasteiger partial charge in [-0.15, -0.1) is 0 Å². The maximum Gasteiger partial charge on any atom is 0.242 e. The molecule has 264 valence electrons. The van der Waals surface area contributed by atoms with Gasteiger partial charge in [0, 0.05) is 87.9 Å². The molecule has 0 aromatic carbocycles. The van der Waals surface area contributed by atoms with Gasteiger partial charge in [-0.1, -0.05) is 0 Å². The molecule has 3 N–H and O–H groups in total. The second kappa shape index (κ2) is 22.3. The molecule has 18 nitrogen and oxygen atoms in total. The highest BCUT2D eigenvalue weighted by atomic mass is 16.7. The zero-order valence-corrected chi connectivity index (χ0v) is 27.5. The van der Waals surface area contributed by atoms with Gasteiger partial charge in [0.05, 0.1) is 0 Å². The molecule has 0 amide bonds. The van der Waals surface area contributed by atoms with Crippen molar-refractivity contribution in [1.82, 2.24) is 0 Å². The summed E-state index contributed by atoms with van der Waals surface area (Å²) in [4.78, 5) is 58.9. The summed E-state index contributed by atoms with van der Waals surface area (Å²) in [6.07, 6.45) is 2.23. The van der Waals surface area contributed by atoms with E-state index in [1.54, 1.807) is 13.8 Å². The van der Waals surface area contributed by atoms with E-state index in [4.69, 9.17) is 4.74 Å². The molecule has 0 aromatic heterocycles. The predicted octanol–water partition coefficient (Wildman–Crippen LogP) is 3.14. The Kier molecular flexibility index (Phi) is 22.9. The Labute approximate surface area is 263 Å². The molecule has 4 atom stereocenters. The van der Waals surface area contributed by atoms with Gasteiger partial charge in [0.25, 0.3) is 0 Å². The molecule has 0 aliphatic carbocycles. The lowest BCUT2D eigenvalue weighted by atomic mass is 9.90. The molecule has 0 aromatic rings. The maximum atomic E-state index is 10.7. The minimum Gasteiger partial charge on any atom is -0.386 e. The number of ether oxygens (including phenoxy) is 1. The van der Waals surface area contributed by atoms with Crippen LogP contribution in [0.2, 0.25) is 0 Å². The Morgan fingerprint density at radius 3 is 1.40 bits per heavy atom. The van der Waals surface area contributed by atoms with Crippen LogP contribution in [0.1, 0.15) is 113 Å². The van der Waals surface area contributed by atoms with Crippen molar-refractivity contribution >= 4 is 12.6 Å². The van der Waals surface area contributed by atoms with E-state index in [0.29, 0.717) is 32.1 Å². The quantitative estimate of drug-likeness (QED) is 0.0988. The Hall–Kier alpha value is -3.22. The minimum absolute atomic E-state index is 0.110. The Morgan fingerprint density at radius 1 is 0.756 bits per heavy atom. The highest BCUT2D eigenvalue weighted by Gasteiger charge is 2.44. The number of hydrogen-bond donors (Lipinski definition) is 3. The van der Waals surface area contributed by atoms with Crippen molar-refractivity contribution in [2.24, 2.45) is 0 Å². The second-order valence-corrected chi connectivity index (χ2v) is 12.3. The van der Waals surface area contributed by atoms with Crippen molar-refractivity contribution < 1.29 is 49.3 Å². The zero-order chi connectivity index (χ0) is 36.2. The van der Waals surface area contributed by atoms with Gasteiger partial charge < -0.3 is 29.6 Å². The van der Waals surface area contributed by atoms with E-state index in [0.717, 1.165) is 19.0 Å². The van der Waals surface area contributed by atoms with Gasteiger partial charge in [-0.05, 0) is 44.9 Å². The number of aliphatic hydroxyl groups is 3. The molecule has 4 unspecified atom stereocenters. The van der Waals surface area contributed by atoms with Crippen molar-refractivity contribution in [1.29, 1.82) is 0 Å². The summed E-state index contributed by atoms with van der Waals surface area (Å²) < 4.78 is 5.13. The average molecular weight is 657 g/mol. The lowest BCUT2D eigenvalue weighted by molar-refractivity contribution is -0.578. The SMILES string of the molecule is CC(C)(C(O)CCCC(O)C(C)(C)[N+](=O)[O-])[N+](=O)[O-].CC(C)(C1CCCC(O)O1)[N+](=O)[O-].CC(C)[N+](=O)[O-].O=CCCCC=O. The van der Waals surface area contributed by atoms with Crippen LogP contribution in [0, 0.1) is 40.5 Å². The summed E-state index contributed by atoms with van der Waals surface area (Å²) in [5.74, 6) is 0. The third-order valence-electron chi connectivity index (χ3n) is 7.09. The van der Waals surface area contributed by atoms with Crippen molar-refractivity contribution in [3.05, 3.63) is 40.5 Å². The van der Waals surface area contributed by atoms with Crippen LogP contribution in [-0.4, -0.2) is 94.8 Å². The van der Waals surface area contributed by atoms with Gasteiger partial charge in [0.1, 0.15) is 30.9 Å². The topological polar surface area (TPSA) is 277 Å². The van der Waals surface area contributed by atoms with Crippen molar-refractivity contribution in [2.45, 2.75) is 160 Å². The van der Waals surface area contributed by atoms with Crippen LogP contribution >= 0.6 is 0 Å². The van der Waals surface area contributed by atoms with Gasteiger partial charge in [0.2, 0.25) is 22.7 Å². The molecule has 45 heavy (non-hydrogen) atoms. The third-order valence-corrected chi connectivity index (χ3v) is 7.09. The summed E-state index contributed by atoms with van der Waals surface area (Å²) in [7, 11) is 0. The zero-order valence-electron chi connectivity index (χ0n) is 27.5. The molecule has 1 fully saturated rings. The number of carbonyl (C=O) groups excluding carboxylic acids is 2. The number of unbranched alkanes of at least 4 members (excludes halogenated alkanes) is 2. The van der Waals surface area contributed by atoms with E-state index >= 15 is 0 Å². The highest BCUT2D eigenvalue weighted by molar-refractivity contribution is 5.52. The molecule has 0 saturated carbocycles. The molecular weight excluding hydrogens is 604 g/mol. The number of rotatable bonds is 15. The van der Waals surface area contributed by atoms with E-state index in [9.17, 15) is 65.4 Å². The van der Waals surface area contributed by atoms with Gasteiger partial charge in [-0.3, -0.25) is 40.5 Å². The molecule has 18 heteroatoms. The Bertz CT molecular complexity index is 887. The first-order valence-electron chi connectivity index (χ1n) is 14.6. The Morgan fingerprint density at radius 2 is 1.13 bits per heavy atom. The lowest BCUT2D eigenvalue weighted by Crippen LogP contribution is -2.48. The van der Waals surface area contributed by atoms with Crippen LogP contribution in [0.4, 0.5) is 0 Å². The summed E-state index contributed by atoms with van der Waals surface area (Å²) in [6, 6.07) is -0.426. The Balaban J connectivity index is -0.000000582. The van der Waals surface area contributed by atoms with Gasteiger partial charge in [-0.25, -0.2) is 0 Å². The van der Waals surface area contributed by atoms with Gasteiger partial charge >= 0.3 is 0 Å². The van der Waals surface area contributed by atoms with Crippen molar-refractivity contribution in [2.75, 3.05) is 0 Å². The van der Waals surface area contributed by atoms with E-state index in [-0.39, 0.29) is 29.1 Å². The number of aliphatic hydroxyl groups excluding tert-OH is 3. The highest BCUT2D eigenvalue weighted by Crippen LogP contribution is 2.27. The summed E-state index contributed by atoms with van der Waals surface area (Å²) in [5, 5.41) is 70.2. The number of carbonyl (C=O) groups is 2. The summed E-state index contributed by atoms with van der Waals surface area (Å²) >= 11 is 0. The number of hydrogen-bond acceptors (Lipinski definition) is 14. The smallest absolute Gasteiger partial charge is 0.242 e. The number of nitro groups is 4. The normalized spacial score (nSPS) is 17.9. The fraction of sp³-hybridized carbons (Fsp3) is 0.926. The first kappa shape index (κ1) is 46.2. The molecular formula is C27H52N4O14. The van der Waals surface area contributed by atoms with E-state index in [2.05, 4.69) is 0 Å². The van der Waals surface area contributed by atoms with Crippen LogP contribution in [0.3, 0.4) is 0 Å². The van der Waals surface area contributed by atoms with Crippen molar-refractivity contribution in [3.63, 3.8) is 0 Å². The lowest BCUT2D eigenvalue weighted by Gasteiger charge is -2.32. The summed E-state index contributed by atoms with van der Waals surface area (Å²) in [5.41, 5.74) is -4.05. The van der Waals surface area contributed by atoms with Crippen LogP contribution in [0.5, 0.6) is 0 Å². The van der Waals surface area contributed by atoms with E-state index in [1.807, 2.05) is 0 Å². The standard InChI is InChI=1S/C11H22N2O6.C8H15NO4.C5H8O2.C3H7NO2/c1-10(2,12(16)17)8(14)6-5-7-9(15)11(3,4)13(18)19;1-8(2,9(11)12)6-4-3-5-7(10)13-6;6-4-2-1-3-5-7;1-3(2)4(5)6/h8-9,14-15H,5-7H2,1-4H3;6-7,10H,3-5H2,1-2H3;4-5H,1-3H2;3H,1-2H3. The van der Waals surface area contributed by atoms with Crippen LogP contribution in [-0.2, 0) is 14.3 Å². The van der Waals surface area contributed by atoms with Gasteiger partial charge in [-0.2, -0.15) is 0 Å². The van der Waals surface area contributed by atoms with E-state index in [1.165, 1.54) is 41.5 Å². The second-order valence-electron chi connectivity index (χ2n) is 12.3. The predicted molar refractivity (Wildman–Crippen MR) is 162 cm³/mol. The number of aldehydes is 2. The fourth-order valence-electron chi connectivity index (χ4n) is 3.18. The first-order valence-corrected chi connectivity index (χ1v) is 14.6. The van der Waals surface area contributed by atoms with Crippen molar-refractivity contribution in [3.8, 4) is 0 Å². The molecule has 1 saturated heterocycles. The van der Waals surface area contributed by atoms with Crippen LogP contribution in [0.25, 0.3) is 0 Å². The molecule has 0 radical (unpaired) electrons. The molecule has 0 bridgehead atoms. The fourth-order valence-corrected chi connectivity index (χ4v) is 3.18. The molecule has 0 spiro atoms. The average Bonchev–Trinajstić information content (AvgIpc) is 2.93.